The molecule has 1 aromatic carbocycles. The number of nitrogens with zero attached hydrogens (tertiary/aromatic N) is 4. The lowest BCUT2D eigenvalue weighted by Crippen LogP contribution is -2.48. The van der Waals surface area contributed by atoms with Crippen LogP contribution in [0.1, 0.15) is 35.0 Å². The molecule has 6 rings (SSSR count). The Labute approximate surface area is 167 Å². The summed E-state index contributed by atoms with van der Waals surface area (Å²) < 4.78 is 8.35. The van der Waals surface area contributed by atoms with Crippen LogP contribution < -0.4 is 0 Å². The number of likely N-dealkylation sites (tertiary alicyclic amines) is 1. The van der Waals surface area contributed by atoms with Gasteiger partial charge in [0.15, 0.2) is 5.72 Å². The molecule has 3 fully saturated rings. The third-order valence-electron chi connectivity index (χ3n) is 6.44. The number of benzene rings is 1. The van der Waals surface area contributed by atoms with E-state index in [4.69, 9.17) is 4.74 Å². The Morgan fingerprint density at radius 3 is 2.79 bits per heavy atom. The van der Waals surface area contributed by atoms with Gasteiger partial charge in [-0.3, -0.25) is 9.59 Å². The van der Waals surface area contributed by atoms with Crippen LogP contribution in [-0.4, -0.2) is 55.9 Å². The second-order valence-electron chi connectivity index (χ2n) is 7.93. The van der Waals surface area contributed by atoms with Crippen molar-refractivity contribution < 1.29 is 14.3 Å². The highest BCUT2D eigenvalue weighted by Crippen LogP contribution is 2.50. The Kier molecular flexibility index (Phi) is 3.41. The van der Waals surface area contributed by atoms with Gasteiger partial charge in [-0.2, -0.15) is 0 Å². The minimum absolute atomic E-state index is 0.0564. The maximum absolute atomic E-state index is 13.3. The Balaban J connectivity index is 1.32. The molecule has 0 aliphatic carbocycles. The van der Waals surface area contributed by atoms with Gasteiger partial charge < -0.3 is 18.9 Å². The van der Waals surface area contributed by atoms with Crippen molar-refractivity contribution in [1.29, 1.82) is 0 Å². The van der Waals surface area contributed by atoms with Crippen LogP contribution in [0.4, 0.5) is 0 Å². The lowest BCUT2D eigenvalue weighted by atomic mass is 10.1. The third-order valence-corrected chi connectivity index (χ3v) is 6.44. The summed E-state index contributed by atoms with van der Waals surface area (Å²) >= 11 is 0. The minimum Gasteiger partial charge on any atom is -0.343 e. The fraction of sp³-hybridized carbons (Fsp3) is 0.318. The first-order valence-corrected chi connectivity index (χ1v) is 9.94. The van der Waals surface area contributed by atoms with Crippen LogP contribution in [0.15, 0.2) is 60.9 Å². The predicted molar refractivity (Wildman–Crippen MR) is 104 cm³/mol. The van der Waals surface area contributed by atoms with Crippen molar-refractivity contribution in [3.05, 3.63) is 72.2 Å². The molecule has 3 saturated heterocycles. The number of carbonyl (C=O) groups excluding carboxylic acids is 2. The largest absolute Gasteiger partial charge is 0.343 e. The zero-order valence-corrected chi connectivity index (χ0v) is 15.8. The van der Waals surface area contributed by atoms with Crippen LogP contribution in [-0.2, 0) is 9.53 Å². The predicted octanol–water partition coefficient (Wildman–Crippen LogP) is 2.25. The van der Waals surface area contributed by atoms with Gasteiger partial charge in [-0.15, -0.1) is 0 Å². The van der Waals surface area contributed by atoms with Gasteiger partial charge in [0.05, 0.1) is 19.0 Å². The summed E-state index contributed by atoms with van der Waals surface area (Å²) in [7, 11) is 0. The van der Waals surface area contributed by atoms with E-state index < -0.39 is 5.72 Å². The molecule has 0 unspecified atom stereocenters. The number of carbonyl (C=O) groups is 2. The Morgan fingerprint density at radius 1 is 1.14 bits per heavy atom. The Hall–Kier alpha value is -3.19. The van der Waals surface area contributed by atoms with Crippen molar-refractivity contribution in [3.8, 4) is 0 Å². The molecule has 3 aliphatic rings. The van der Waals surface area contributed by atoms with Gasteiger partial charge in [0.25, 0.3) is 5.91 Å². The summed E-state index contributed by atoms with van der Waals surface area (Å²) in [6.07, 6.45) is 4.40. The minimum atomic E-state index is -0.716. The van der Waals surface area contributed by atoms with E-state index >= 15 is 0 Å². The zero-order chi connectivity index (χ0) is 19.6. The number of aromatic nitrogens is 2. The second-order valence-corrected chi connectivity index (χ2v) is 7.93. The maximum atomic E-state index is 13.3. The van der Waals surface area contributed by atoms with Crippen molar-refractivity contribution in [3.63, 3.8) is 0 Å². The molecule has 0 saturated carbocycles. The van der Waals surface area contributed by atoms with Crippen LogP contribution >= 0.6 is 0 Å². The molecule has 3 atom stereocenters. The maximum Gasteiger partial charge on any atom is 0.274 e. The number of amides is 2. The third kappa shape index (κ3) is 2.31. The van der Waals surface area contributed by atoms with E-state index in [9.17, 15) is 9.59 Å². The first-order chi connectivity index (χ1) is 14.2. The highest BCUT2D eigenvalue weighted by molar-refractivity contribution is 5.94. The molecule has 146 valence electrons. The fourth-order valence-corrected chi connectivity index (χ4v) is 5.09. The van der Waals surface area contributed by atoms with E-state index in [1.54, 1.807) is 11.1 Å². The summed E-state index contributed by atoms with van der Waals surface area (Å²) in [6.45, 7) is 1.10. The fourth-order valence-electron chi connectivity index (χ4n) is 5.09. The number of hydrogen-bond acceptors (Lipinski definition) is 4. The van der Waals surface area contributed by atoms with Gasteiger partial charge in [-0.25, -0.2) is 4.98 Å². The molecule has 7 heteroatoms. The normalized spacial score (nSPS) is 28.2. The standard InChI is InChI=1S/C22H20N4O3/c27-20-12-18-22(26(20)14-17(29-22)15-6-2-1-3-7-15)9-11-25(18)21(28)16-13-24-10-5-4-8-19(24)23-16/h1-8,10,13,17-18H,9,11-12,14H2/t17-,18-,22+/m1/s1. The van der Waals surface area contributed by atoms with E-state index in [-0.39, 0.29) is 24.0 Å². The van der Waals surface area contributed by atoms with Crippen molar-refractivity contribution in [2.75, 3.05) is 13.1 Å². The number of imidazole rings is 1. The summed E-state index contributed by atoms with van der Waals surface area (Å²) in [5, 5.41) is 0. The topological polar surface area (TPSA) is 67.2 Å². The highest BCUT2D eigenvalue weighted by atomic mass is 16.5. The molecule has 3 aromatic rings. The van der Waals surface area contributed by atoms with Crippen LogP contribution in [0.5, 0.6) is 0 Å². The molecule has 0 radical (unpaired) electrons. The monoisotopic (exact) mass is 388 g/mol. The molecule has 5 heterocycles. The number of hydrogen-bond donors (Lipinski definition) is 0. The molecular weight excluding hydrogens is 368 g/mol. The van der Waals surface area contributed by atoms with Crippen LogP contribution in [0.2, 0.25) is 0 Å². The molecule has 3 aliphatic heterocycles. The zero-order valence-electron chi connectivity index (χ0n) is 15.8. The summed E-state index contributed by atoms with van der Waals surface area (Å²) in [5.41, 5.74) is 1.48. The van der Waals surface area contributed by atoms with Crippen molar-refractivity contribution in [2.24, 2.45) is 0 Å². The average molecular weight is 388 g/mol. The molecule has 2 amide bonds. The SMILES string of the molecule is O=C(c1cn2ccccc2n1)N1CC[C@@]23O[C@@H](c4ccccc4)CN2C(=O)C[C@@H]13. The van der Waals surface area contributed by atoms with Gasteiger partial charge in [0.2, 0.25) is 5.91 Å². The number of fused-ring (bicyclic) bond motifs is 1. The highest BCUT2D eigenvalue weighted by Gasteiger charge is 2.65. The molecule has 0 bridgehead atoms. The molecule has 0 N–H and O–H groups in total. The van der Waals surface area contributed by atoms with Gasteiger partial charge in [-0.1, -0.05) is 36.4 Å². The van der Waals surface area contributed by atoms with Gasteiger partial charge >= 0.3 is 0 Å². The first kappa shape index (κ1) is 16.7. The smallest absolute Gasteiger partial charge is 0.274 e. The van der Waals surface area contributed by atoms with E-state index in [0.717, 1.165) is 11.2 Å². The summed E-state index contributed by atoms with van der Waals surface area (Å²) in [5.74, 6) is -0.0853. The lowest BCUT2D eigenvalue weighted by molar-refractivity contribution is -0.138. The van der Waals surface area contributed by atoms with E-state index in [1.165, 1.54) is 0 Å². The lowest BCUT2D eigenvalue weighted by Gasteiger charge is -2.31. The van der Waals surface area contributed by atoms with E-state index in [0.29, 0.717) is 31.6 Å². The molecule has 1 spiro atoms. The number of pyridine rings is 1. The Morgan fingerprint density at radius 2 is 1.97 bits per heavy atom. The van der Waals surface area contributed by atoms with Crippen LogP contribution in [0, 0.1) is 0 Å². The quantitative estimate of drug-likeness (QED) is 0.675. The number of rotatable bonds is 2. The van der Waals surface area contributed by atoms with E-state index in [2.05, 4.69) is 4.98 Å². The van der Waals surface area contributed by atoms with Crippen LogP contribution in [0.25, 0.3) is 5.65 Å². The van der Waals surface area contributed by atoms with Crippen LogP contribution in [0.3, 0.4) is 0 Å². The first-order valence-electron chi connectivity index (χ1n) is 9.94. The summed E-state index contributed by atoms with van der Waals surface area (Å²) in [4.78, 5) is 34.1. The van der Waals surface area contributed by atoms with Crippen molar-refractivity contribution in [2.45, 2.75) is 30.7 Å². The molecule has 7 nitrogen and oxygen atoms in total. The van der Waals surface area contributed by atoms with Gasteiger partial charge in [0, 0.05) is 25.4 Å². The molecule has 29 heavy (non-hydrogen) atoms. The number of ether oxygens (including phenoxy) is 1. The van der Waals surface area contributed by atoms with Gasteiger partial charge in [0.1, 0.15) is 17.4 Å². The molecule has 2 aromatic heterocycles. The second kappa shape index (κ2) is 5.90. The summed E-state index contributed by atoms with van der Waals surface area (Å²) in [6, 6.07) is 15.4. The van der Waals surface area contributed by atoms with Crippen molar-refractivity contribution in [1.82, 2.24) is 19.2 Å². The van der Waals surface area contributed by atoms with Gasteiger partial charge in [-0.05, 0) is 17.7 Å². The average Bonchev–Trinajstić information content (AvgIpc) is 3.48. The van der Waals surface area contributed by atoms with Crippen molar-refractivity contribution >= 4 is 17.5 Å². The van der Waals surface area contributed by atoms with E-state index in [1.807, 2.05) is 64.0 Å². The molecular formula is C22H20N4O3. The Bertz CT molecular complexity index is 1090.